The molecule has 2 N–H and O–H groups in total. The summed E-state index contributed by atoms with van der Waals surface area (Å²) in [4.78, 5) is 49.0. The Morgan fingerprint density at radius 2 is 2.10 bits per heavy atom. The smallest absolute Gasteiger partial charge is 0.240 e. The van der Waals surface area contributed by atoms with Crippen molar-refractivity contribution in [2.45, 2.75) is 32.1 Å². The summed E-state index contributed by atoms with van der Waals surface area (Å²) >= 11 is 0. The Morgan fingerprint density at radius 1 is 1.31 bits per heavy atom. The Morgan fingerprint density at radius 3 is 2.83 bits per heavy atom. The summed E-state index contributed by atoms with van der Waals surface area (Å²) in [6.45, 7) is 5.08. The largest absolute Gasteiger partial charge is 0.355 e. The third kappa shape index (κ3) is 3.18. The van der Waals surface area contributed by atoms with Crippen molar-refractivity contribution in [3.8, 4) is 0 Å². The highest BCUT2D eigenvalue weighted by atomic mass is 16.2. The van der Waals surface area contributed by atoms with Crippen molar-refractivity contribution >= 4 is 23.4 Å². The van der Waals surface area contributed by atoms with Gasteiger partial charge in [0.25, 0.3) is 0 Å². The van der Waals surface area contributed by atoms with Crippen LogP contribution in [-0.4, -0.2) is 58.8 Å². The summed E-state index contributed by atoms with van der Waals surface area (Å²) in [5.74, 6) is -0.326. The molecule has 2 aliphatic rings. The predicted octanol–water partition coefficient (Wildman–Crippen LogP) is 0.914. The van der Waals surface area contributed by atoms with E-state index in [-0.39, 0.29) is 30.7 Å². The lowest BCUT2D eigenvalue weighted by molar-refractivity contribution is -0.130. The van der Waals surface area contributed by atoms with Crippen LogP contribution in [-0.2, 0) is 26.2 Å². The first-order valence-electron chi connectivity index (χ1n) is 9.91. The van der Waals surface area contributed by atoms with Crippen molar-refractivity contribution in [1.82, 2.24) is 20.2 Å². The quantitative estimate of drug-likeness (QED) is 0.786. The lowest BCUT2D eigenvalue weighted by Gasteiger charge is -2.24. The first-order chi connectivity index (χ1) is 14.0. The molecule has 4 rings (SSSR count). The standard InChI is InChI=1S/C21H25N5O3/c1-3-22-18(27)11-26-17-7-5-4-6-15(17)21(20(26)29)8-9-25(12-21)19(28)10-16-14(2)23-13-24-16/h4-7,13H,3,8-12H2,1-2H3,(H,22,27)(H,23,24). The Balaban J connectivity index is 1.57. The zero-order valence-electron chi connectivity index (χ0n) is 16.7. The minimum Gasteiger partial charge on any atom is -0.355 e. The van der Waals surface area contributed by atoms with Crippen molar-refractivity contribution in [2.24, 2.45) is 0 Å². The van der Waals surface area contributed by atoms with Crippen molar-refractivity contribution in [3.63, 3.8) is 0 Å². The van der Waals surface area contributed by atoms with E-state index in [1.165, 1.54) is 0 Å². The number of aryl methyl sites for hydroxylation is 1. The van der Waals surface area contributed by atoms with Crippen molar-refractivity contribution in [2.75, 3.05) is 31.1 Å². The van der Waals surface area contributed by atoms with Crippen LogP contribution >= 0.6 is 0 Å². The van der Waals surface area contributed by atoms with Crippen LogP contribution in [0.25, 0.3) is 0 Å². The monoisotopic (exact) mass is 395 g/mol. The number of imidazole rings is 1. The van der Waals surface area contributed by atoms with Crippen LogP contribution in [0.5, 0.6) is 0 Å². The summed E-state index contributed by atoms with van der Waals surface area (Å²) in [6.07, 6.45) is 2.35. The van der Waals surface area contributed by atoms with Gasteiger partial charge >= 0.3 is 0 Å². The second-order valence-electron chi connectivity index (χ2n) is 7.66. The van der Waals surface area contributed by atoms with Crippen LogP contribution in [0.2, 0.25) is 0 Å². The molecule has 1 unspecified atom stereocenters. The highest BCUT2D eigenvalue weighted by Crippen LogP contribution is 2.47. The van der Waals surface area contributed by atoms with Crippen molar-refractivity contribution in [3.05, 3.63) is 47.5 Å². The molecule has 0 bridgehead atoms. The maximum Gasteiger partial charge on any atom is 0.240 e. The molecule has 0 saturated carbocycles. The third-order valence-electron chi connectivity index (χ3n) is 5.92. The van der Waals surface area contributed by atoms with Crippen LogP contribution in [0.15, 0.2) is 30.6 Å². The van der Waals surface area contributed by atoms with Crippen molar-refractivity contribution in [1.29, 1.82) is 0 Å². The van der Waals surface area contributed by atoms with Gasteiger partial charge < -0.3 is 20.1 Å². The number of rotatable bonds is 5. The number of H-pyrrole nitrogens is 1. The number of nitrogens with one attached hydrogen (secondary N) is 2. The van der Waals surface area contributed by atoms with Gasteiger partial charge in [-0.25, -0.2) is 4.98 Å². The number of para-hydroxylation sites is 1. The number of benzene rings is 1. The average molecular weight is 395 g/mol. The first kappa shape index (κ1) is 19.2. The van der Waals surface area contributed by atoms with E-state index in [0.717, 1.165) is 22.6 Å². The maximum absolute atomic E-state index is 13.5. The average Bonchev–Trinajstić information content (AvgIpc) is 3.38. The summed E-state index contributed by atoms with van der Waals surface area (Å²) in [5.41, 5.74) is 2.50. The highest BCUT2D eigenvalue weighted by Gasteiger charge is 2.55. The van der Waals surface area contributed by atoms with E-state index in [4.69, 9.17) is 0 Å². The first-order valence-corrected chi connectivity index (χ1v) is 9.91. The van der Waals surface area contributed by atoms with E-state index in [1.54, 1.807) is 16.1 Å². The van der Waals surface area contributed by atoms with Crippen LogP contribution in [0.4, 0.5) is 5.69 Å². The minimum atomic E-state index is -0.778. The van der Waals surface area contributed by atoms with Crippen LogP contribution in [0, 0.1) is 6.92 Å². The highest BCUT2D eigenvalue weighted by molar-refractivity contribution is 6.11. The van der Waals surface area contributed by atoms with E-state index < -0.39 is 5.41 Å². The number of carbonyl (C=O) groups is 3. The third-order valence-corrected chi connectivity index (χ3v) is 5.92. The van der Waals surface area contributed by atoms with Gasteiger partial charge in [0.1, 0.15) is 6.54 Å². The van der Waals surface area contributed by atoms with Gasteiger partial charge in [-0.2, -0.15) is 0 Å². The SMILES string of the molecule is CCNC(=O)CN1C(=O)C2(CCN(C(=O)Cc3nc[nH]c3C)C2)c2ccccc21. The number of hydrogen-bond donors (Lipinski definition) is 2. The number of aromatic nitrogens is 2. The molecule has 1 atom stereocenters. The van der Waals surface area contributed by atoms with E-state index in [1.807, 2.05) is 38.1 Å². The molecule has 1 fully saturated rings. The molecule has 3 heterocycles. The van der Waals surface area contributed by atoms with E-state index in [0.29, 0.717) is 26.1 Å². The van der Waals surface area contributed by atoms with E-state index >= 15 is 0 Å². The molecule has 8 nitrogen and oxygen atoms in total. The maximum atomic E-state index is 13.5. The van der Waals surface area contributed by atoms with Gasteiger partial charge in [-0.3, -0.25) is 14.4 Å². The summed E-state index contributed by atoms with van der Waals surface area (Å²) in [7, 11) is 0. The fourth-order valence-electron chi connectivity index (χ4n) is 4.39. The van der Waals surface area contributed by atoms with Gasteiger partial charge in [-0.1, -0.05) is 18.2 Å². The molecule has 1 aromatic carbocycles. The summed E-state index contributed by atoms with van der Waals surface area (Å²) in [6, 6.07) is 7.59. The Labute approximate surface area is 169 Å². The molecule has 0 aliphatic carbocycles. The Hall–Kier alpha value is -3.16. The van der Waals surface area contributed by atoms with Crippen molar-refractivity contribution < 1.29 is 14.4 Å². The zero-order chi connectivity index (χ0) is 20.6. The molecule has 1 spiro atoms. The number of likely N-dealkylation sites (N-methyl/N-ethyl adjacent to an activating group) is 1. The Kier molecular flexibility index (Phi) is 4.86. The number of nitrogens with zero attached hydrogens (tertiary/aromatic N) is 3. The van der Waals surface area contributed by atoms with E-state index in [2.05, 4.69) is 15.3 Å². The molecule has 0 radical (unpaired) electrons. The molecule has 2 aromatic rings. The molecule has 2 aliphatic heterocycles. The molecule has 1 aromatic heterocycles. The lowest BCUT2D eigenvalue weighted by atomic mass is 9.81. The minimum absolute atomic E-state index is 0.00809. The molecule has 152 valence electrons. The second kappa shape index (κ2) is 7.35. The van der Waals surface area contributed by atoms with Gasteiger partial charge in [0.05, 0.1) is 23.9 Å². The van der Waals surface area contributed by atoms with Crippen LogP contribution < -0.4 is 10.2 Å². The van der Waals surface area contributed by atoms with Gasteiger partial charge in [-0.15, -0.1) is 0 Å². The number of hydrogen-bond acceptors (Lipinski definition) is 4. The lowest BCUT2D eigenvalue weighted by Crippen LogP contribution is -2.46. The number of aromatic amines is 1. The second-order valence-corrected chi connectivity index (χ2v) is 7.66. The van der Waals surface area contributed by atoms with Gasteiger partial charge in [0.15, 0.2) is 0 Å². The Bertz CT molecular complexity index is 969. The normalized spacial score (nSPS) is 20.4. The zero-order valence-corrected chi connectivity index (χ0v) is 16.7. The number of fused-ring (bicyclic) bond motifs is 2. The van der Waals surface area contributed by atoms with Crippen LogP contribution in [0.3, 0.4) is 0 Å². The van der Waals surface area contributed by atoms with Gasteiger partial charge in [-0.05, 0) is 31.9 Å². The molecule has 3 amide bonds. The van der Waals surface area contributed by atoms with E-state index in [9.17, 15) is 14.4 Å². The molecular weight excluding hydrogens is 370 g/mol. The number of amides is 3. The van der Waals surface area contributed by atoms with Crippen LogP contribution in [0.1, 0.15) is 30.3 Å². The number of carbonyl (C=O) groups excluding carboxylic acids is 3. The fraction of sp³-hybridized carbons (Fsp3) is 0.429. The summed E-state index contributed by atoms with van der Waals surface area (Å²) in [5, 5.41) is 2.75. The molecular formula is C21H25N5O3. The molecule has 1 saturated heterocycles. The number of anilines is 1. The van der Waals surface area contributed by atoms with Gasteiger partial charge in [0.2, 0.25) is 17.7 Å². The molecule has 8 heteroatoms. The fourth-order valence-corrected chi connectivity index (χ4v) is 4.39. The number of likely N-dealkylation sites (tertiary alicyclic amines) is 1. The molecule has 29 heavy (non-hydrogen) atoms. The topological polar surface area (TPSA) is 98.4 Å². The summed E-state index contributed by atoms with van der Waals surface area (Å²) < 4.78 is 0. The predicted molar refractivity (Wildman–Crippen MR) is 107 cm³/mol. The van der Waals surface area contributed by atoms with Gasteiger partial charge in [0, 0.05) is 31.0 Å².